The Labute approximate surface area is 118 Å². The standard InChI is InChI=1S/C16H18FN3/c1-19-7-5-11(6-8-19)16-15-12(3-2-4-13(15)17)14-9-18-10-20(14)16/h2-4,9-11,16H,5-8H2,1H3. The number of hydrogen-bond donors (Lipinski definition) is 0. The third-order valence-electron chi connectivity index (χ3n) is 4.80. The summed E-state index contributed by atoms with van der Waals surface area (Å²) in [6.45, 7) is 2.18. The molecule has 0 spiro atoms. The molecule has 2 aliphatic heterocycles. The highest BCUT2D eigenvalue weighted by atomic mass is 19.1. The normalized spacial score (nSPS) is 22.8. The van der Waals surface area contributed by atoms with E-state index < -0.39 is 0 Å². The molecule has 0 radical (unpaired) electrons. The van der Waals surface area contributed by atoms with Crippen molar-refractivity contribution in [1.82, 2.24) is 14.5 Å². The van der Waals surface area contributed by atoms with Gasteiger partial charge in [-0.05, 0) is 45.0 Å². The minimum Gasteiger partial charge on any atom is -0.323 e. The molecule has 0 bridgehead atoms. The van der Waals surface area contributed by atoms with Gasteiger partial charge in [0, 0.05) is 11.1 Å². The summed E-state index contributed by atoms with van der Waals surface area (Å²) in [5.74, 6) is 0.424. The van der Waals surface area contributed by atoms with Crippen molar-refractivity contribution >= 4 is 0 Å². The highest BCUT2D eigenvalue weighted by molar-refractivity contribution is 5.69. The Morgan fingerprint density at radius 1 is 1.25 bits per heavy atom. The van der Waals surface area contributed by atoms with Crippen LogP contribution in [0.15, 0.2) is 30.7 Å². The minimum absolute atomic E-state index is 0.0740. The summed E-state index contributed by atoms with van der Waals surface area (Å²) in [7, 11) is 2.15. The first-order valence-corrected chi connectivity index (χ1v) is 7.25. The Balaban J connectivity index is 1.81. The van der Waals surface area contributed by atoms with Crippen LogP contribution in [0.5, 0.6) is 0 Å². The van der Waals surface area contributed by atoms with Crippen LogP contribution in [0.3, 0.4) is 0 Å². The third-order valence-corrected chi connectivity index (χ3v) is 4.80. The van der Waals surface area contributed by atoms with Crippen molar-refractivity contribution < 1.29 is 4.39 Å². The smallest absolute Gasteiger partial charge is 0.129 e. The van der Waals surface area contributed by atoms with Crippen molar-refractivity contribution in [2.45, 2.75) is 18.9 Å². The van der Waals surface area contributed by atoms with E-state index in [0.29, 0.717) is 5.92 Å². The Morgan fingerprint density at radius 2 is 2.05 bits per heavy atom. The molecule has 3 heterocycles. The maximum absolute atomic E-state index is 14.4. The monoisotopic (exact) mass is 271 g/mol. The molecule has 1 aromatic carbocycles. The second-order valence-electron chi connectivity index (χ2n) is 5.97. The molecule has 1 atom stereocenters. The van der Waals surface area contributed by atoms with Crippen LogP contribution in [0.25, 0.3) is 11.3 Å². The van der Waals surface area contributed by atoms with Crippen LogP contribution in [0.1, 0.15) is 24.4 Å². The summed E-state index contributed by atoms with van der Waals surface area (Å²) in [5, 5.41) is 0. The fourth-order valence-electron chi connectivity index (χ4n) is 3.74. The molecule has 1 aromatic heterocycles. The number of imidazole rings is 1. The average molecular weight is 271 g/mol. The SMILES string of the molecule is CN1CCC(C2c3c(F)cccc3-c3cncn32)CC1. The second kappa shape index (κ2) is 4.42. The number of nitrogens with zero attached hydrogens (tertiary/aromatic N) is 3. The molecule has 0 aliphatic carbocycles. The lowest BCUT2D eigenvalue weighted by atomic mass is 9.85. The number of rotatable bonds is 1. The van der Waals surface area contributed by atoms with Gasteiger partial charge in [-0.15, -0.1) is 0 Å². The molecular formula is C16H18FN3. The molecule has 4 heteroatoms. The van der Waals surface area contributed by atoms with Crippen molar-refractivity contribution in [3.63, 3.8) is 0 Å². The van der Waals surface area contributed by atoms with Gasteiger partial charge in [0.05, 0.1) is 24.3 Å². The Hall–Kier alpha value is -1.68. The summed E-state index contributed by atoms with van der Waals surface area (Å²) in [6, 6.07) is 5.52. The number of likely N-dealkylation sites (tertiary alicyclic amines) is 1. The van der Waals surface area contributed by atoms with Crippen LogP contribution in [-0.4, -0.2) is 34.6 Å². The van der Waals surface area contributed by atoms with Crippen molar-refractivity contribution in [3.8, 4) is 11.3 Å². The first kappa shape index (κ1) is 12.1. The van der Waals surface area contributed by atoms with Crippen LogP contribution < -0.4 is 0 Å². The number of piperidine rings is 1. The van der Waals surface area contributed by atoms with Crippen molar-refractivity contribution in [2.24, 2.45) is 5.92 Å². The Morgan fingerprint density at radius 3 is 2.85 bits per heavy atom. The Kier molecular flexibility index (Phi) is 2.67. The zero-order valence-corrected chi connectivity index (χ0v) is 11.6. The first-order valence-electron chi connectivity index (χ1n) is 7.25. The maximum atomic E-state index is 14.4. The minimum atomic E-state index is -0.0740. The van der Waals surface area contributed by atoms with Gasteiger partial charge in [0.2, 0.25) is 0 Å². The van der Waals surface area contributed by atoms with Crippen LogP contribution in [0.4, 0.5) is 4.39 Å². The molecule has 104 valence electrons. The van der Waals surface area contributed by atoms with E-state index in [9.17, 15) is 4.39 Å². The highest BCUT2D eigenvalue weighted by Crippen LogP contribution is 2.46. The van der Waals surface area contributed by atoms with E-state index in [4.69, 9.17) is 0 Å². The van der Waals surface area contributed by atoms with Gasteiger partial charge in [-0.25, -0.2) is 9.37 Å². The van der Waals surface area contributed by atoms with E-state index in [0.717, 1.165) is 42.8 Å². The zero-order chi connectivity index (χ0) is 13.7. The van der Waals surface area contributed by atoms with E-state index in [1.54, 1.807) is 12.1 Å². The summed E-state index contributed by atoms with van der Waals surface area (Å²) >= 11 is 0. The number of hydrogen-bond acceptors (Lipinski definition) is 2. The lowest BCUT2D eigenvalue weighted by Gasteiger charge is -2.33. The number of halogens is 1. The maximum Gasteiger partial charge on any atom is 0.129 e. The number of fused-ring (bicyclic) bond motifs is 3. The zero-order valence-electron chi connectivity index (χ0n) is 11.6. The number of aromatic nitrogens is 2. The van der Waals surface area contributed by atoms with Crippen LogP contribution in [0.2, 0.25) is 0 Å². The molecular weight excluding hydrogens is 253 g/mol. The van der Waals surface area contributed by atoms with Crippen molar-refractivity contribution in [1.29, 1.82) is 0 Å². The molecule has 1 fully saturated rings. The van der Waals surface area contributed by atoms with Gasteiger partial charge < -0.3 is 9.47 Å². The molecule has 1 saturated heterocycles. The largest absolute Gasteiger partial charge is 0.323 e. The highest BCUT2D eigenvalue weighted by Gasteiger charge is 2.37. The molecule has 3 nitrogen and oxygen atoms in total. The second-order valence-corrected chi connectivity index (χ2v) is 5.97. The average Bonchev–Trinajstić information content (AvgIpc) is 3.01. The van der Waals surface area contributed by atoms with Crippen LogP contribution in [0, 0.1) is 11.7 Å². The summed E-state index contributed by atoms with van der Waals surface area (Å²) in [4.78, 5) is 6.61. The van der Waals surface area contributed by atoms with E-state index in [-0.39, 0.29) is 11.9 Å². The van der Waals surface area contributed by atoms with Gasteiger partial charge in [-0.2, -0.15) is 0 Å². The molecule has 0 amide bonds. The predicted molar refractivity (Wildman–Crippen MR) is 76.0 cm³/mol. The third kappa shape index (κ3) is 1.64. The van der Waals surface area contributed by atoms with Crippen molar-refractivity contribution in [3.05, 3.63) is 42.1 Å². The summed E-state index contributed by atoms with van der Waals surface area (Å²) in [5.41, 5.74) is 2.95. The van der Waals surface area contributed by atoms with Gasteiger partial charge in [-0.1, -0.05) is 12.1 Å². The molecule has 4 rings (SSSR count). The lowest BCUT2D eigenvalue weighted by molar-refractivity contribution is 0.188. The summed E-state index contributed by atoms with van der Waals surface area (Å²) in [6.07, 6.45) is 5.95. The Bertz CT molecular complexity index is 641. The van der Waals surface area contributed by atoms with Gasteiger partial charge in [-0.3, -0.25) is 0 Å². The van der Waals surface area contributed by atoms with E-state index in [1.165, 1.54) is 0 Å². The lowest BCUT2D eigenvalue weighted by Crippen LogP contribution is -2.34. The van der Waals surface area contributed by atoms with Crippen LogP contribution >= 0.6 is 0 Å². The van der Waals surface area contributed by atoms with E-state index >= 15 is 0 Å². The first-order chi connectivity index (χ1) is 9.75. The fraction of sp³-hybridized carbons (Fsp3) is 0.438. The molecule has 0 saturated carbocycles. The van der Waals surface area contributed by atoms with Gasteiger partial charge in [0.15, 0.2) is 0 Å². The molecule has 20 heavy (non-hydrogen) atoms. The van der Waals surface area contributed by atoms with Gasteiger partial charge in [0.25, 0.3) is 0 Å². The summed E-state index contributed by atoms with van der Waals surface area (Å²) < 4.78 is 16.5. The van der Waals surface area contributed by atoms with Gasteiger partial charge in [0.1, 0.15) is 5.82 Å². The van der Waals surface area contributed by atoms with Crippen LogP contribution in [-0.2, 0) is 0 Å². The number of benzene rings is 1. The topological polar surface area (TPSA) is 21.1 Å². The van der Waals surface area contributed by atoms with Crippen molar-refractivity contribution in [2.75, 3.05) is 20.1 Å². The predicted octanol–water partition coefficient (Wildman–Crippen LogP) is 2.93. The van der Waals surface area contributed by atoms with Gasteiger partial charge >= 0.3 is 0 Å². The quantitative estimate of drug-likeness (QED) is 0.795. The fourth-order valence-corrected chi connectivity index (χ4v) is 3.74. The van der Waals surface area contributed by atoms with E-state index in [2.05, 4.69) is 21.5 Å². The molecule has 0 N–H and O–H groups in total. The van der Waals surface area contributed by atoms with E-state index in [1.807, 2.05) is 18.6 Å². The molecule has 2 aliphatic rings. The molecule has 2 aromatic rings. The molecule has 1 unspecified atom stereocenters.